The Balaban J connectivity index is 2.72. The van der Waals surface area contributed by atoms with Crippen LogP contribution in [0.25, 0.3) is 0 Å². The quantitative estimate of drug-likeness (QED) is 0.638. The largest absolute Gasteiger partial charge is 0.370 e. The zero-order valence-corrected chi connectivity index (χ0v) is 9.97. The lowest BCUT2D eigenvalue weighted by atomic mass is 10.1. The summed E-state index contributed by atoms with van der Waals surface area (Å²) in [6.07, 6.45) is -0.224. The Morgan fingerprint density at radius 2 is 2.00 bits per heavy atom. The van der Waals surface area contributed by atoms with Crippen LogP contribution in [0.3, 0.4) is 0 Å². The summed E-state index contributed by atoms with van der Waals surface area (Å²) in [5.74, 6) is -1.27. The number of anilines is 1. The summed E-state index contributed by atoms with van der Waals surface area (Å²) in [7, 11) is 0. The topological polar surface area (TPSA) is 115 Å². The average Bonchev–Trinajstić information content (AvgIpc) is 2.28. The first kappa shape index (κ1) is 13.9. The third-order valence-electron chi connectivity index (χ3n) is 2.29. The summed E-state index contributed by atoms with van der Waals surface area (Å²) in [6, 6.07) is 5.45. The minimum Gasteiger partial charge on any atom is -0.370 e. The molecule has 1 aromatic carbocycles. The molecule has 1 unspecified atom stereocenters. The van der Waals surface area contributed by atoms with Gasteiger partial charge in [0.25, 0.3) is 0 Å². The van der Waals surface area contributed by atoms with Crippen LogP contribution in [0.5, 0.6) is 0 Å². The number of nitrogens with two attached hydrogens (primary N) is 2. The Morgan fingerprint density at radius 1 is 1.33 bits per heavy atom. The molecule has 2 amide bonds. The van der Waals surface area contributed by atoms with Gasteiger partial charge in [-0.25, -0.2) is 0 Å². The maximum atomic E-state index is 11.6. The van der Waals surface area contributed by atoms with Gasteiger partial charge in [0.1, 0.15) is 0 Å². The van der Waals surface area contributed by atoms with Crippen molar-refractivity contribution >= 4 is 23.3 Å². The third kappa shape index (κ3) is 3.99. The summed E-state index contributed by atoms with van der Waals surface area (Å²) in [4.78, 5) is 33.4. The van der Waals surface area contributed by atoms with Crippen molar-refractivity contribution in [2.45, 2.75) is 19.4 Å². The fourth-order valence-corrected chi connectivity index (χ4v) is 1.36. The zero-order valence-electron chi connectivity index (χ0n) is 9.97. The van der Waals surface area contributed by atoms with Gasteiger partial charge in [-0.3, -0.25) is 14.4 Å². The monoisotopic (exact) mass is 249 g/mol. The maximum Gasteiger partial charge on any atom is 0.241 e. The van der Waals surface area contributed by atoms with E-state index in [1.807, 2.05) is 0 Å². The van der Waals surface area contributed by atoms with E-state index in [9.17, 15) is 14.4 Å². The van der Waals surface area contributed by atoms with Crippen molar-refractivity contribution in [3.8, 4) is 0 Å². The van der Waals surface area contributed by atoms with Crippen LogP contribution in [0, 0.1) is 0 Å². The number of hydrogen-bond acceptors (Lipinski definition) is 4. The number of Topliss-reactive ketones (excluding diaryl/α,β-unsaturated/α-hetero) is 1. The molecule has 0 bridgehead atoms. The van der Waals surface area contributed by atoms with E-state index < -0.39 is 17.9 Å². The molecule has 1 atom stereocenters. The minimum absolute atomic E-state index is 0.104. The average molecular weight is 249 g/mol. The van der Waals surface area contributed by atoms with E-state index in [2.05, 4.69) is 5.32 Å². The molecule has 0 aliphatic rings. The summed E-state index contributed by atoms with van der Waals surface area (Å²) in [6.45, 7) is 1.43. The van der Waals surface area contributed by atoms with Crippen LogP contribution in [0.15, 0.2) is 24.3 Å². The van der Waals surface area contributed by atoms with Crippen LogP contribution in [-0.4, -0.2) is 23.6 Å². The molecule has 1 rings (SSSR count). The second kappa shape index (κ2) is 5.92. The normalized spacial score (nSPS) is 11.7. The second-order valence-electron chi connectivity index (χ2n) is 3.90. The van der Waals surface area contributed by atoms with E-state index in [1.54, 1.807) is 18.2 Å². The fraction of sp³-hybridized carbons (Fsp3) is 0.250. The van der Waals surface area contributed by atoms with Crippen molar-refractivity contribution in [1.82, 2.24) is 0 Å². The van der Waals surface area contributed by atoms with E-state index >= 15 is 0 Å². The number of carbonyl (C=O) groups excluding carboxylic acids is 3. The summed E-state index contributed by atoms with van der Waals surface area (Å²) < 4.78 is 0. The molecule has 5 N–H and O–H groups in total. The van der Waals surface area contributed by atoms with Gasteiger partial charge in [-0.1, -0.05) is 12.1 Å². The Morgan fingerprint density at radius 3 is 2.56 bits per heavy atom. The van der Waals surface area contributed by atoms with Crippen molar-refractivity contribution in [1.29, 1.82) is 0 Å². The Bertz CT molecular complexity index is 485. The Labute approximate surface area is 104 Å². The Hall–Kier alpha value is -2.21. The van der Waals surface area contributed by atoms with Crippen LogP contribution in [0.4, 0.5) is 5.69 Å². The molecule has 0 saturated carbocycles. The Kier molecular flexibility index (Phi) is 4.56. The lowest BCUT2D eigenvalue weighted by Gasteiger charge is -2.11. The van der Waals surface area contributed by atoms with E-state index in [-0.39, 0.29) is 12.2 Å². The highest BCUT2D eigenvalue weighted by molar-refractivity contribution is 5.99. The van der Waals surface area contributed by atoms with Crippen molar-refractivity contribution in [3.63, 3.8) is 0 Å². The van der Waals surface area contributed by atoms with Gasteiger partial charge in [-0.15, -0.1) is 0 Å². The molecule has 96 valence electrons. The van der Waals surface area contributed by atoms with Gasteiger partial charge in [0.15, 0.2) is 5.78 Å². The molecule has 0 fully saturated rings. The van der Waals surface area contributed by atoms with Crippen LogP contribution in [-0.2, 0) is 9.59 Å². The van der Waals surface area contributed by atoms with E-state index in [4.69, 9.17) is 11.5 Å². The maximum absolute atomic E-state index is 11.6. The first-order valence-electron chi connectivity index (χ1n) is 5.36. The van der Waals surface area contributed by atoms with Crippen molar-refractivity contribution in [3.05, 3.63) is 29.8 Å². The van der Waals surface area contributed by atoms with Crippen LogP contribution in [0.1, 0.15) is 23.7 Å². The number of amides is 2. The predicted octanol–water partition coefficient (Wildman–Crippen LogP) is 0.0304. The molecule has 18 heavy (non-hydrogen) atoms. The lowest BCUT2D eigenvalue weighted by Crippen LogP contribution is -2.39. The summed E-state index contributed by atoms with van der Waals surface area (Å²) in [5, 5.41) is 2.52. The SMILES string of the molecule is CC(=O)c1cccc(NC(=O)C(N)CC(N)=O)c1. The van der Waals surface area contributed by atoms with E-state index in [0.717, 1.165) is 0 Å². The molecule has 6 nitrogen and oxygen atoms in total. The van der Waals surface area contributed by atoms with Gasteiger partial charge in [-0.2, -0.15) is 0 Å². The molecule has 0 aliphatic heterocycles. The zero-order chi connectivity index (χ0) is 13.7. The standard InChI is InChI=1S/C12H15N3O3/c1-7(16)8-3-2-4-9(5-8)15-12(18)10(13)6-11(14)17/h2-5,10H,6,13H2,1H3,(H2,14,17)(H,15,18). The highest BCUT2D eigenvalue weighted by Crippen LogP contribution is 2.11. The number of ketones is 1. The molecule has 6 heteroatoms. The van der Waals surface area contributed by atoms with Crippen molar-refractivity contribution < 1.29 is 14.4 Å². The van der Waals surface area contributed by atoms with Gasteiger partial charge in [-0.05, 0) is 19.1 Å². The summed E-state index contributed by atoms with van der Waals surface area (Å²) >= 11 is 0. The minimum atomic E-state index is -0.997. The van der Waals surface area contributed by atoms with E-state index in [0.29, 0.717) is 11.3 Å². The molecule has 1 aromatic rings. The number of rotatable bonds is 5. The number of primary amides is 1. The van der Waals surface area contributed by atoms with Gasteiger partial charge < -0.3 is 16.8 Å². The lowest BCUT2D eigenvalue weighted by molar-refractivity contribution is -0.123. The highest BCUT2D eigenvalue weighted by atomic mass is 16.2. The van der Waals surface area contributed by atoms with Crippen molar-refractivity contribution in [2.75, 3.05) is 5.32 Å². The number of hydrogen-bond donors (Lipinski definition) is 3. The molecular formula is C12H15N3O3. The first-order valence-corrected chi connectivity index (χ1v) is 5.36. The number of benzene rings is 1. The molecule has 0 aromatic heterocycles. The predicted molar refractivity (Wildman–Crippen MR) is 66.9 cm³/mol. The van der Waals surface area contributed by atoms with Gasteiger partial charge in [0, 0.05) is 11.3 Å². The molecule has 0 radical (unpaired) electrons. The molecule has 0 heterocycles. The van der Waals surface area contributed by atoms with Gasteiger partial charge in [0.2, 0.25) is 11.8 Å². The molecule has 0 spiro atoms. The van der Waals surface area contributed by atoms with Crippen LogP contribution < -0.4 is 16.8 Å². The first-order chi connectivity index (χ1) is 8.40. The number of carbonyl (C=O) groups is 3. The number of nitrogens with one attached hydrogen (secondary N) is 1. The molecule has 0 saturated heterocycles. The van der Waals surface area contributed by atoms with Crippen LogP contribution in [0.2, 0.25) is 0 Å². The van der Waals surface area contributed by atoms with Crippen molar-refractivity contribution in [2.24, 2.45) is 11.5 Å². The smallest absolute Gasteiger partial charge is 0.241 e. The second-order valence-corrected chi connectivity index (χ2v) is 3.90. The van der Waals surface area contributed by atoms with Gasteiger partial charge in [0.05, 0.1) is 12.5 Å². The summed E-state index contributed by atoms with van der Waals surface area (Å²) in [5.41, 5.74) is 11.4. The molecular weight excluding hydrogens is 234 g/mol. The molecule has 0 aliphatic carbocycles. The highest BCUT2D eigenvalue weighted by Gasteiger charge is 2.16. The fourth-order valence-electron chi connectivity index (χ4n) is 1.36. The van der Waals surface area contributed by atoms with Gasteiger partial charge >= 0.3 is 0 Å². The third-order valence-corrected chi connectivity index (χ3v) is 2.29. The van der Waals surface area contributed by atoms with E-state index in [1.165, 1.54) is 13.0 Å². The van der Waals surface area contributed by atoms with Crippen LogP contribution >= 0.6 is 0 Å².